The van der Waals surface area contributed by atoms with Crippen LogP contribution in [0.4, 0.5) is 30.5 Å². The summed E-state index contributed by atoms with van der Waals surface area (Å²) in [5.74, 6) is 1.12. The lowest BCUT2D eigenvalue weighted by Crippen LogP contribution is -2.46. The van der Waals surface area contributed by atoms with Gasteiger partial charge in [-0.05, 0) is 43.5 Å². The lowest BCUT2D eigenvalue weighted by atomic mass is 10.0. The van der Waals surface area contributed by atoms with E-state index in [4.69, 9.17) is 9.72 Å². The van der Waals surface area contributed by atoms with Crippen LogP contribution >= 0.6 is 0 Å². The number of benzene rings is 1. The van der Waals surface area contributed by atoms with Crippen LogP contribution in [0, 0.1) is 0 Å². The van der Waals surface area contributed by atoms with Crippen LogP contribution in [0.15, 0.2) is 36.5 Å². The molecule has 5 rings (SSSR count). The lowest BCUT2D eigenvalue weighted by Gasteiger charge is -2.36. The third kappa shape index (κ3) is 4.11. The van der Waals surface area contributed by atoms with Gasteiger partial charge in [0.1, 0.15) is 5.52 Å². The molecular weight excluding hydrogens is 445 g/mol. The predicted octanol–water partition coefficient (Wildman–Crippen LogP) is 4.65. The van der Waals surface area contributed by atoms with Crippen LogP contribution in [0.3, 0.4) is 0 Å². The van der Waals surface area contributed by atoms with Crippen molar-refractivity contribution in [2.75, 3.05) is 42.4 Å². The molecular formula is C24H27F3N6O. The van der Waals surface area contributed by atoms with Crippen molar-refractivity contribution in [3.8, 4) is 0 Å². The zero-order chi connectivity index (χ0) is 24.0. The van der Waals surface area contributed by atoms with Crippen molar-refractivity contribution in [3.05, 3.63) is 47.7 Å². The van der Waals surface area contributed by atoms with Gasteiger partial charge in [-0.3, -0.25) is 0 Å². The van der Waals surface area contributed by atoms with E-state index in [-0.39, 0.29) is 0 Å². The molecule has 2 fully saturated rings. The molecule has 7 nitrogen and oxygen atoms in total. The maximum atomic E-state index is 13.2. The van der Waals surface area contributed by atoms with Crippen molar-refractivity contribution in [2.45, 2.75) is 44.1 Å². The van der Waals surface area contributed by atoms with Crippen LogP contribution in [0.1, 0.15) is 36.9 Å². The first-order valence-electron chi connectivity index (χ1n) is 11.4. The number of nitrogens with one attached hydrogen (secondary N) is 1. The number of fused-ring (bicyclic) bond motifs is 3. The van der Waals surface area contributed by atoms with Crippen molar-refractivity contribution in [2.24, 2.45) is 0 Å². The summed E-state index contributed by atoms with van der Waals surface area (Å²) in [4.78, 5) is 8.97. The Morgan fingerprint density at radius 3 is 2.53 bits per heavy atom. The summed E-state index contributed by atoms with van der Waals surface area (Å²) in [6.07, 6.45) is -0.366. The molecule has 0 saturated carbocycles. The van der Waals surface area contributed by atoms with Gasteiger partial charge in [0.05, 0.1) is 54.2 Å². The van der Waals surface area contributed by atoms with Crippen LogP contribution in [0.25, 0.3) is 10.9 Å². The molecule has 0 spiro atoms. The molecule has 34 heavy (non-hydrogen) atoms. The summed E-state index contributed by atoms with van der Waals surface area (Å²) in [6.45, 7) is 3.20. The van der Waals surface area contributed by atoms with Crippen molar-refractivity contribution in [1.29, 1.82) is 0 Å². The van der Waals surface area contributed by atoms with E-state index in [0.717, 1.165) is 36.0 Å². The zero-order valence-corrected chi connectivity index (χ0v) is 19.3. The first kappa shape index (κ1) is 22.6. The maximum absolute atomic E-state index is 13.2. The van der Waals surface area contributed by atoms with E-state index in [1.165, 1.54) is 6.07 Å². The molecule has 180 valence electrons. The van der Waals surface area contributed by atoms with E-state index in [1.807, 2.05) is 32.1 Å². The minimum atomic E-state index is -4.40. The molecule has 0 radical (unpaired) electrons. The molecule has 2 aromatic heterocycles. The van der Waals surface area contributed by atoms with Gasteiger partial charge in [-0.15, -0.1) is 10.2 Å². The van der Waals surface area contributed by atoms with E-state index in [9.17, 15) is 13.2 Å². The molecule has 2 aliphatic rings. The molecule has 1 aromatic carbocycles. The monoisotopic (exact) mass is 472 g/mol. The molecule has 0 amide bonds. The predicted molar refractivity (Wildman–Crippen MR) is 125 cm³/mol. The molecule has 0 aliphatic carbocycles. The summed E-state index contributed by atoms with van der Waals surface area (Å²) < 4.78 is 45.3. The number of hydrogen-bond acceptors (Lipinski definition) is 7. The molecule has 2 aliphatic heterocycles. The van der Waals surface area contributed by atoms with Crippen LogP contribution in [-0.4, -0.2) is 54.6 Å². The SMILES string of the molecule is C[C@@H](Nc1nnc(N(C)C)c2ncc(N3C4CCC3COC4)cc12)c1cccc(C(F)(F)F)c1. The molecule has 1 N–H and O–H groups in total. The van der Waals surface area contributed by atoms with Crippen molar-refractivity contribution in [3.63, 3.8) is 0 Å². The van der Waals surface area contributed by atoms with Gasteiger partial charge in [-0.2, -0.15) is 13.2 Å². The van der Waals surface area contributed by atoms with Crippen LogP contribution in [-0.2, 0) is 10.9 Å². The Bertz CT molecular complexity index is 1190. The fourth-order valence-electron chi connectivity index (χ4n) is 4.88. The first-order valence-corrected chi connectivity index (χ1v) is 11.4. The number of ether oxygens (including phenoxy) is 1. The van der Waals surface area contributed by atoms with E-state index in [2.05, 4.69) is 26.5 Å². The van der Waals surface area contributed by atoms with Gasteiger partial charge in [0.25, 0.3) is 0 Å². The quantitative estimate of drug-likeness (QED) is 0.580. The maximum Gasteiger partial charge on any atom is 0.416 e. The fourth-order valence-corrected chi connectivity index (χ4v) is 4.88. The minimum absolute atomic E-state index is 0.321. The average Bonchev–Trinajstić information content (AvgIpc) is 3.06. The third-order valence-corrected chi connectivity index (χ3v) is 6.61. The van der Waals surface area contributed by atoms with Gasteiger partial charge in [0, 0.05) is 14.1 Å². The second kappa shape index (κ2) is 8.57. The number of rotatable bonds is 5. The lowest BCUT2D eigenvalue weighted by molar-refractivity contribution is -0.137. The standard InChI is InChI=1S/C24H27F3N6O/c1-14(15-5-4-6-16(9-15)24(25,26)27)29-22-20-10-19(33-17-7-8-18(33)13-34-12-17)11-28-21(20)23(31-30-22)32(2)3/h4-6,9-11,14,17-18H,7-8,12-13H2,1-3H3,(H,29,30)/t14-,17?,18?/m1/s1. The number of hydrogen-bond donors (Lipinski definition) is 1. The highest BCUT2D eigenvalue weighted by atomic mass is 19.4. The third-order valence-electron chi connectivity index (χ3n) is 6.61. The number of nitrogens with zero attached hydrogens (tertiary/aromatic N) is 5. The van der Waals surface area contributed by atoms with E-state index >= 15 is 0 Å². The van der Waals surface area contributed by atoms with Crippen LogP contribution in [0.5, 0.6) is 0 Å². The van der Waals surface area contributed by atoms with Gasteiger partial charge < -0.3 is 19.9 Å². The molecule has 4 heterocycles. The number of alkyl halides is 3. The summed E-state index contributed by atoms with van der Waals surface area (Å²) in [5, 5.41) is 12.8. The Balaban J connectivity index is 1.53. The van der Waals surface area contributed by atoms with Crippen LogP contribution < -0.4 is 15.1 Å². The largest absolute Gasteiger partial charge is 0.416 e. The molecule has 3 atom stereocenters. The number of aromatic nitrogens is 3. The normalized spacial score (nSPS) is 21.1. The van der Waals surface area contributed by atoms with Crippen molar-refractivity contribution in [1.82, 2.24) is 15.2 Å². The van der Waals surface area contributed by atoms with Crippen molar-refractivity contribution < 1.29 is 17.9 Å². The Hall–Kier alpha value is -3.14. The second-order valence-corrected chi connectivity index (χ2v) is 9.18. The summed E-state index contributed by atoms with van der Waals surface area (Å²) in [5.41, 5.74) is 1.51. The highest BCUT2D eigenvalue weighted by Gasteiger charge is 2.38. The second-order valence-electron chi connectivity index (χ2n) is 9.18. The van der Waals surface area contributed by atoms with Crippen LogP contribution in [0.2, 0.25) is 0 Å². The van der Waals surface area contributed by atoms with E-state index < -0.39 is 17.8 Å². The van der Waals surface area contributed by atoms with Gasteiger partial charge in [0.2, 0.25) is 0 Å². The highest BCUT2D eigenvalue weighted by Crippen LogP contribution is 2.37. The molecule has 3 aromatic rings. The highest BCUT2D eigenvalue weighted by molar-refractivity contribution is 5.97. The Morgan fingerprint density at radius 1 is 1.12 bits per heavy atom. The van der Waals surface area contributed by atoms with Gasteiger partial charge in [-0.1, -0.05) is 12.1 Å². The molecule has 2 saturated heterocycles. The van der Waals surface area contributed by atoms with E-state index in [0.29, 0.717) is 48.0 Å². The minimum Gasteiger partial charge on any atom is -0.377 e. The zero-order valence-electron chi connectivity index (χ0n) is 19.3. The fraction of sp³-hybridized carbons (Fsp3) is 0.458. The summed E-state index contributed by atoms with van der Waals surface area (Å²) in [7, 11) is 3.75. The topological polar surface area (TPSA) is 66.4 Å². The average molecular weight is 473 g/mol. The van der Waals surface area contributed by atoms with Gasteiger partial charge in [-0.25, -0.2) is 4.98 Å². The van der Waals surface area contributed by atoms with E-state index in [1.54, 1.807) is 6.07 Å². The smallest absolute Gasteiger partial charge is 0.377 e. The van der Waals surface area contributed by atoms with Gasteiger partial charge >= 0.3 is 6.18 Å². The summed E-state index contributed by atoms with van der Waals surface area (Å²) >= 11 is 0. The number of anilines is 3. The number of morpholine rings is 1. The molecule has 10 heteroatoms. The summed E-state index contributed by atoms with van der Waals surface area (Å²) in [6, 6.07) is 7.61. The Morgan fingerprint density at radius 2 is 1.85 bits per heavy atom. The number of halogens is 3. The Kier molecular flexibility index (Phi) is 5.71. The van der Waals surface area contributed by atoms with Gasteiger partial charge in [0.15, 0.2) is 11.6 Å². The first-order chi connectivity index (χ1) is 16.2. The van der Waals surface area contributed by atoms with Crippen molar-refractivity contribution >= 4 is 28.2 Å². The number of pyridine rings is 1. The molecule has 2 unspecified atom stereocenters. The Labute approximate surface area is 195 Å². The molecule has 2 bridgehead atoms.